The second kappa shape index (κ2) is 3.43. The number of aromatic nitrogens is 1. The third kappa shape index (κ3) is 1.79. The van der Waals surface area contributed by atoms with Crippen LogP contribution in [0.2, 0.25) is 0 Å². The van der Waals surface area contributed by atoms with E-state index in [0.717, 1.165) is 18.8 Å². The average molecular weight is 324 g/mol. The molecule has 6 heteroatoms. The Morgan fingerprint density at radius 3 is 2.62 bits per heavy atom. The highest BCUT2D eigenvalue weighted by Crippen LogP contribution is 2.37. The first-order valence-corrected chi connectivity index (χ1v) is 5.74. The zero-order valence-electron chi connectivity index (χ0n) is 6.25. The lowest BCUT2D eigenvalue weighted by Crippen LogP contribution is -1.75. The van der Waals surface area contributed by atoms with Crippen LogP contribution in [0.1, 0.15) is 0 Å². The normalized spacial score (nSPS) is 10.6. The van der Waals surface area contributed by atoms with Gasteiger partial charge in [-0.25, -0.2) is 0 Å². The number of hydrogen-bond donors (Lipinski definition) is 1. The van der Waals surface area contributed by atoms with E-state index in [2.05, 4.69) is 37.0 Å². The third-order valence-corrected chi connectivity index (χ3v) is 4.70. The molecule has 0 atom stereocenters. The Bertz CT molecular complexity index is 418. The van der Waals surface area contributed by atoms with E-state index in [0.29, 0.717) is 5.88 Å². The van der Waals surface area contributed by atoms with Gasteiger partial charge in [0.15, 0.2) is 0 Å². The number of rotatable bonds is 1. The summed E-state index contributed by atoms with van der Waals surface area (Å²) in [5.41, 5.74) is 6.17. The smallest absolute Gasteiger partial charge is 0.222 e. The molecule has 2 heterocycles. The zero-order chi connectivity index (χ0) is 9.42. The molecule has 0 fully saturated rings. The van der Waals surface area contributed by atoms with Gasteiger partial charge in [0.05, 0.1) is 8.66 Å². The van der Waals surface area contributed by atoms with Crippen molar-refractivity contribution in [2.75, 3.05) is 5.73 Å². The molecule has 0 aliphatic heterocycles. The molecule has 2 aromatic rings. The minimum atomic E-state index is 0.329. The first-order chi connectivity index (χ1) is 6.16. The summed E-state index contributed by atoms with van der Waals surface area (Å²) in [7, 11) is 0. The molecule has 0 spiro atoms. The fourth-order valence-electron chi connectivity index (χ4n) is 0.878. The van der Waals surface area contributed by atoms with Crippen LogP contribution in [0, 0.1) is 0 Å². The molecule has 0 aliphatic rings. The SMILES string of the molecule is Nc1cc(-c2cc(Br)c(Br)s2)no1. The van der Waals surface area contributed by atoms with E-state index in [1.165, 1.54) is 0 Å². The molecule has 3 nitrogen and oxygen atoms in total. The van der Waals surface area contributed by atoms with E-state index in [1.54, 1.807) is 17.4 Å². The summed E-state index contributed by atoms with van der Waals surface area (Å²) >= 11 is 8.37. The van der Waals surface area contributed by atoms with Gasteiger partial charge in [-0.15, -0.1) is 11.3 Å². The van der Waals surface area contributed by atoms with Crippen LogP contribution in [0.25, 0.3) is 10.6 Å². The minimum Gasteiger partial charge on any atom is -0.368 e. The van der Waals surface area contributed by atoms with Crippen molar-refractivity contribution in [2.45, 2.75) is 0 Å². The maximum absolute atomic E-state index is 5.41. The fraction of sp³-hybridized carbons (Fsp3) is 0. The lowest BCUT2D eigenvalue weighted by atomic mass is 10.3. The Morgan fingerprint density at radius 1 is 1.38 bits per heavy atom. The molecule has 2 N–H and O–H groups in total. The fourth-order valence-corrected chi connectivity index (χ4v) is 2.87. The summed E-state index contributed by atoms with van der Waals surface area (Å²) in [5.74, 6) is 0.329. The van der Waals surface area contributed by atoms with Crippen LogP contribution in [0.5, 0.6) is 0 Å². The Balaban J connectivity index is 2.46. The van der Waals surface area contributed by atoms with E-state index < -0.39 is 0 Å². The summed E-state index contributed by atoms with van der Waals surface area (Å²) in [4.78, 5) is 1.01. The first kappa shape index (κ1) is 9.23. The van der Waals surface area contributed by atoms with Crippen LogP contribution in [-0.4, -0.2) is 5.16 Å². The number of thiophene rings is 1. The zero-order valence-corrected chi connectivity index (χ0v) is 10.2. The van der Waals surface area contributed by atoms with Crippen molar-refractivity contribution in [1.29, 1.82) is 0 Å². The van der Waals surface area contributed by atoms with Gasteiger partial charge in [-0.05, 0) is 37.9 Å². The van der Waals surface area contributed by atoms with Crippen LogP contribution in [0.4, 0.5) is 5.88 Å². The second-order valence-corrected chi connectivity index (χ2v) is 5.57. The van der Waals surface area contributed by atoms with Crippen molar-refractivity contribution in [3.63, 3.8) is 0 Å². The van der Waals surface area contributed by atoms with Gasteiger partial charge in [-0.3, -0.25) is 0 Å². The van der Waals surface area contributed by atoms with Crippen LogP contribution < -0.4 is 5.73 Å². The van der Waals surface area contributed by atoms with Gasteiger partial charge in [0.2, 0.25) is 5.88 Å². The van der Waals surface area contributed by atoms with Gasteiger partial charge in [0.25, 0.3) is 0 Å². The van der Waals surface area contributed by atoms with Crippen molar-refractivity contribution in [3.05, 3.63) is 20.4 Å². The Morgan fingerprint density at radius 2 is 2.15 bits per heavy atom. The van der Waals surface area contributed by atoms with Crippen LogP contribution in [0.3, 0.4) is 0 Å². The number of halogens is 2. The average Bonchev–Trinajstić information content (AvgIpc) is 2.61. The molecule has 0 radical (unpaired) electrons. The number of hydrogen-bond acceptors (Lipinski definition) is 4. The highest BCUT2D eigenvalue weighted by molar-refractivity contribution is 9.13. The van der Waals surface area contributed by atoms with Gasteiger partial charge < -0.3 is 10.3 Å². The predicted molar refractivity (Wildman–Crippen MR) is 59.6 cm³/mol. The van der Waals surface area contributed by atoms with E-state index in [9.17, 15) is 0 Å². The lowest BCUT2D eigenvalue weighted by molar-refractivity contribution is 0.439. The van der Waals surface area contributed by atoms with Crippen LogP contribution in [-0.2, 0) is 0 Å². The number of nitrogen functional groups attached to an aromatic ring is 1. The Kier molecular flexibility index (Phi) is 2.44. The first-order valence-electron chi connectivity index (χ1n) is 3.34. The Hall–Kier alpha value is -0.330. The van der Waals surface area contributed by atoms with Gasteiger partial charge >= 0.3 is 0 Å². The largest absolute Gasteiger partial charge is 0.368 e. The second-order valence-electron chi connectivity index (χ2n) is 2.35. The van der Waals surface area contributed by atoms with Crippen LogP contribution in [0.15, 0.2) is 24.9 Å². The molecular weight excluding hydrogens is 320 g/mol. The van der Waals surface area contributed by atoms with Crippen molar-refractivity contribution in [1.82, 2.24) is 5.16 Å². The van der Waals surface area contributed by atoms with Gasteiger partial charge in [-0.1, -0.05) is 5.16 Å². The maximum atomic E-state index is 5.41. The third-order valence-electron chi connectivity index (χ3n) is 1.43. The van der Waals surface area contributed by atoms with Gasteiger partial charge in [0.1, 0.15) is 5.69 Å². The quantitative estimate of drug-likeness (QED) is 0.873. The number of nitrogens with zero attached hydrogens (tertiary/aromatic N) is 1. The highest BCUT2D eigenvalue weighted by Gasteiger charge is 2.09. The van der Waals surface area contributed by atoms with Gasteiger partial charge in [-0.2, -0.15) is 0 Å². The standard InChI is InChI=1S/C7H4Br2N2OS/c8-3-1-5(13-7(3)9)4-2-6(10)12-11-4/h1-2H,10H2. The molecule has 68 valence electrons. The molecule has 0 saturated heterocycles. The molecule has 0 aliphatic carbocycles. The van der Waals surface area contributed by atoms with Crippen molar-refractivity contribution < 1.29 is 4.52 Å². The molecule has 0 aromatic carbocycles. The maximum Gasteiger partial charge on any atom is 0.222 e. The van der Waals surface area contributed by atoms with Crippen molar-refractivity contribution in [3.8, 4) is 10.6 Å². The summed E-state index contributed by atoms with van der Waals surface area (Å²) in [6.45, 7) is 0. The predicted octanol–water partition coefficient (Wildman–Crippen LogP) is 3.51. The molecule has 0 bridgehead atoms. The highest BCUT2D eigenvalue weighted by atomic mass is 79.9. The number of anilines is 1. The summed E-state index contributed by atoms with van der Waals surface area (Å²) in [6.07, 6.45) is 0. The van der Waals surface area contributed by atoms with Crippen molar-refractivity contribution in [2.24, 2.45) is 0 Å². The molecule has 2 rings (SSSR count). The number of nitrogens with two attached hydrogens (primary N) is 1. The molecule has 0 unspecified atom stereocenters. The van der Waals surface area contributed by atoms with E-state index >= 15 is 0 Å². The molecule has 2 aromatic heterocycles. The molecule has 13 heavy (non-hydrogen) atoms. The molecule has 0 saturated carbocycles. The Labute approximate surface area is 95.2 Å². The summed E-state index contributed by atoms with van der Waals surface area (Å²) in [5, 5.41) is 3.81. The minimum absolute atomic E-state index is 0.329. The summed E-state index contributed by atoms with van der Waals surface area (Å²) < 4.78 is 6.81. The monoisotopic (exact) mass is 322 g/mol. The lowest BCUT2D eigenvalue weighted by Gasteiger charge is -1.82. The summed E-state index contributed by atoms with van der Waals surface area (Å²) in [6, 6.07) is 3.66. The topological polar surface area (TPSA) is 52.0 Å². The van der Waals surface area contributed by atoms with E-state index in [1.807, 2.05) is 6.07 Å². The van der Waals surface area contributed by atoms with Crippen molar-refractivity contribution >= 4 is 49.1 Å². The molecular formula is C7H4Br2N2OS. The molecule has 0 amide bonds. The van der Waals surface area contributed by atoms with E-state index in [-0.39, 0.29) is 0 Å². The van der Waals surface area contributed by atoms with E-state index in [4.69, 9.17) is 10.3 Å². The van der Waals surface area contributed by atoms with Gasteiger partial charge in [0, 0.05) is 10.5 Å². The van der Waals surface area contributed by atoms with Crippen LogP contribution >= 0.6 is 43.2 Å².